The van der Waals surface area contributed by atoms with Gasteiger partial charge in [-0.05, 0) is 48.8 Å². The summed E-state index contributed by atoms with van der Waals surface area (Å²) in [5.41, 5.74) is 0.998. The highest BCUT2D eigenvalue weighted by molar-refractivity contribution is 7.89. The number of aliphatic hydroxyl groups excluding tert-OH is 1. The Morgan fingerprint density at radius 2 is 1.90 bits per heavy atom. The van der Waals surface area contributed by atoms with Gasteiger partial charge in [0.2, 0.25) is 10.0 Å². The van der Waals surface area contributed by atoms with Crippen LogP contribution < -0.4 is 4.72 Å². The molecule has 0 spiro atoms. The van der Waals surface area contributed by atoms with E-state index in [0.29, 0.717) is 18.8 Å². The van der Waals surface area contributed by atoms with Gasteiger partial charge < -0.3 is 5.11 Å². The van der Waals surface area contributed by atoms with Crippen LogP contribution in [-0.4, -0.2) is 32.6 Å². The normalized spacial score (nSPS) is 17.1. The van der Waals surface area contributed by atoms with Crippen molar-refractivity contribution in [3.63, 3.8) is 0 Å². The molecule has 2 rings (SSSR count). The Kier molecular flexibility index (Phi) is 5.07. The fourth-order valence-corrected chi connectivity index (χ4v) is 3.58. The minimum atomic E-state index is -3.47. The Morgan fingerprint density at radius 1 is 1.25 bits per heavy atom. The zero-order valence-corrected chi connectivity index (χ0v) is 12.9. The highest BCUT2D eigenvalue weighted by Gasteiger charge is 2.42. The summed E-state index contributed by atoms with van der Waals surface area (Å²) in [5, 5.41) is 8.98. The van der Waals surface area contributed by atoms with Crippen LogP contribution in [-0.2, 0) is 16.4 Å². The summed E-state index contributed by atoms with van der Waals surface area (Å²) in [6, 6.07) is 6.79. The van der Waals surface area contributed by atoms with E-state index in [1.165, 1.54) is 0 Å². The Labute approximate surface area is 125 Å². The Balaban J connectivity index is 1.99. The van der Waals surface area contributed by atoms with E-state index in [0.717, 1.165) is 24.8 Å². The first kappa shape index (κ1) is 15.8. The molecule has 1 aromatic rings. The van der Waals surface area contributed by atoms with Gasteiger partial charge in [-0.1, -0.05) is 12.1 Å². The number of benzene rings is 1. The average molecular weight is 318 g/mol. The molecule has 0 aliphatic heterocycles. The monoisotopic (exact) mass is 317 g/mol. The van der Waals surface area contributed by atoms with Crippen LogP contribution in [0.1, 0.15) is 24.8 Å². The van der Waals surface area contributed by atoms with Gasteiger partial charge in [0.25, 0.3) is 0 Å². The van der Waals surface area contributed by atoms with E-state index in [4.69, 9.17) is 16.7 Å². The Bertz CT molecular complexity index is 538. The summed E-state index contributed by atoms with van der Waals surface area (Å²) in [6.45, 7) is 0.508. The maximum absolute atomic E-state index is 12.2. The van der Waals surface area contributed by atoms with Crippen LogP contribution in [0.25, 0.3) is 0 Å². The summed E-state index contributed by atoms with van der Waals surface area (Å²) in [5.74, 6) is 0.522. The molecule has 0 radical (unpaired) electrons. The number of hydrogen-bond acceptors (Lipinski definition) is 3. The third kappa shape index (κ3) is 3.95. The molecule has 1 fully saturated rings. The van der Waals surface area contributed by atoms with Crippen molar-refractivity contribution in [2.75, 3.05) is 19.0 Å². The second-order valence-electron chi connectivity index (χ2n) is 5.38. The zero-order valence-electron chi connectivity index (χ0n) is 11.3. The molecule has 0 aromatic heterocycles. The molecule has 0 atom stereocenters. The number of sulfonamides is 1. The van der Waals surface area contributed by atoms with Crippen LogP contribution in [0.2, 0.25) is 0 Å². The fourth-order valence-electron chi connectivity index (χ4n) is 2.20. The van der Waals surface area contributed by atoms with Crippen molar-refractivity contribution in [3.8, 4) is 0 Å². The highest BCUT2D eigenvalue weighted by Crippen LogP contribution is 2.48. The third-order valence-corrected chi connectivity index (χ3v) is 5.46. The van der Waals surface area contributed by atoms with Crippen LogP contribution in [0.4, 0.5) is 0 Å². The van der Waals surface area contributed by atoms with Crippen LogP contribution in [0.3, 0.4) is 0 Å². The van der Waals surface area contributed by atoms with Gasteiger partial charge >= 0.3 is 0 Å². The summed E-state index contributed by atoms with van der Waals surface area (Å²) >= 11 is 5.65. The molecule has 112 valence electrons. The van der Waals surface area contributed by atoms with Gasteiger partial charge in [0.15, 0.2) is 0 Å². The van der Waals surface area contributed by atoms with E-state index in [1.54, 1.807) is 24.3 Å². The Morgan fingerprint density at radius 3 is 2.40 bits per heavy atom. The summed E-state index contributed by atoms with van der Waals surface area (Å²) < 4.78 is 27.0. The molecule has 4 nitrogen and oxygen atoms in total. The predicted octanol–water partition coefficient (Wildman–Crippen LogP) is 1.91. The number of aliphatic hydroxyl groups is 1. The first-order valence-electron chi connectivity index (χ1n) is 6.77. The van der Waals surface area contributed by atoms with E-state index in [9.17, 15) is 8.42 Å². The van der Waals surface area contributed by atoms with E-state index in [1.807, 2.05) is 0 Å². The molecule has 1 aromatic carbocycles. The average Bonchev–Trinajstić information content (AvgIpc) is 3.19. The minimum absolute atomic E-state index is 0.0274. The largest absolute Gasteiger partial charge is 0.396 e. The highest BCUT2D eigenvalue weighted by atomic mass is 35.5. The molecule has 1 aliphatic rings. The molecule has 0 unspecified atom stereocenters. The summed E-state index contributed by atoms with van der Waals surface area (Å²) in [7, 11) is -3.47. The number of aryl methyl sites for hydroxylation is 1. The summed E-state index contributed by atoms with van der Waals surface area (Å²) in [4.78, 5) is 0.274. The lowest BCUT2D eigenvalue weighted by Crippen LogP contribution is -2.30. The van der Waals surface area contributed by atoms with Crippen molar-refractivity contribution in [1.29, 1.82) is 0 Å². The van der Waals surface area contributed by atoms with Gasteiger partial charge in [-0.25, -0.2) is 13.1 Å². The van der Waals surface area contributed by atoms with Crippen LogP contribution in [0, 0.1) is 5.41 Å². The standard InChI is InChI=1S/C14H20ClNO3S/c15-9-5-12-1-3-13(4-2-12)20(18,19)16-11-14(6-7-14)8-10-17/h1-4,16-17H,5-11H2. The fraction of sp³-hybridized carbons (Fsp3) is 0.571. The molecular weight excluding hydrogens is 298 g/mol. The lowest BCUT2D eigenvalue weighted by molar-refractivity contribution is 0.249. The van der Waals surface area contributed by atoms with E-state index < -0.39 is 10.0 Å². The number of nitrogens with one attached hydrogen (secondary N) is 1. The second-order valence-corrected chi connectivity index (χ2v) is 7.53. The maximum Gasteiger partial charge on any atom is 0.240 e. The maximum atomic E-state index is 12.2. The molecule has 1 aliphatic carbocycles. The predicted molar refractivity (Wildman–Crippen MR) is 79.4 cm³/mol. The third-order valence-electron chi connectivity index (χ3n) is 3.85. The summed E-state index contributed by atoms with van der Waals surface area (Å²) in [6.07, 6.45) is 3.34. The van der Waals surface area contributed by atoms with E-state index >= 15 is 0 Å². The molecule has 0 saturated heterocycles. The molecule has 0 heterocycles. The number of hydrogen-bond donors (Lipinski definition) is 2. The zero-order chi connectivity index (χ0) is 14.6. The lowest BCUT2D eigenvalue weighted by atomic mass is 10.0. The van der Waals surface area contributed by atoms with Gasteiger partial charge in [-0.2, -0.15) is 0 Å². The van der Waals surface area contributed by atoms with Crippen LogP contribution in [0.15, 0.2) is 29.2 Å². The van der Waals surface area contributed by atoms with Crippen molar-refractivity contribution in [3.05, 3.63) is 29.8 Å². The van der Waals surface area contributed by atoms with Gasteiger partial charge in [-0.15, -0.1) is 11.6 Å². The number of alkyl halides is 1. The molecule has 6 heteroatoms. The van der Waals surface area contributed by atoms with Crippen molar-refractivity contribution >= 4 is 21.6 Å². The topological polar surface area (TPSA) is 66.4 Å². The number of rotatable bonds is 8. The van der Waals surface area contributed by atoms with E-state index in [-0.39, 0.29) is 16.9 Å². The second kappa shape index (κ2) is 6.43. The van der Waals surface area contributed by atoms with Gasteiger partial charge in [-0.3, -0.25) is 0 Å². The molecule has 20 heavy (non-hydrogen) atoms. The van der Waals surface area contributed by atoms with Crippen molar-refractivity contribution in [1.82, 2.24) is 4.72 Å². The van der Waals surface area contributed by atoms with Gasteiger partial charge in [0, 0.05) is 19.0 Å². The molecule has 0 amide bonds. The molecule has 0 bridgehead atoms. The van der Waals surface area contributed by atoms with Crippen molar-refractivity contribution in [2.45, 2.75) is 30.6 Å². The first-order chi connectivity index (χ1) is 9.51. The SMILES string of the molecule is O=S(=O)(NCC1(CCO)CC1)c1ccc(CCCl)cc1. The van der Waals surface area contributed by atoms with Gasteiger partial charge in [0.05, 0.1) is 4.90 Å². The quantitative estimate of drug-likeness (QED) is 0.720. The smallest absolute Gasteiger partial charge is 0.240 e. The molecule has 2 N–H and O–H groups in total. The Hall–Kier alpha value is -0.620. The van der Waals surface area contributed by atoms with Crippen molar-refractivity contribution in [2.24, 2.45) is 5.41 Å². The van der Waals surface area contributed by atoms with Crippen LogP contribution >= 0.6 is 11.6 Å². The molecular formula is C14H20ClNO3S. The first-order valence-corrected chi connectivity index (χ1v) is 8.79. The van der Waals surface area contributed by atoms with E-state index in [2.05, 4.69) is 4.72 Å². The number of halogens is 1. The van der Waals surface area contributed by atoms with Gasteiger partial charge in [0.1, 0.15) is 0 Å². The molecule has 1 saturated carbocycles. The van der Waals surface area contributed by atoms with Crippen molar-refractivity contribution < 1.29 is 13.5 Å². The lowest BCUT2D eigenvalue weighted by Gasteiger charge is -2.15. The van der Waals surface area contributed by atoms with Crippen LogP contribution in [0.5, 0.6) is 0 Å². The minimum Gasteiger partial charge on any atom is -0.396 e.